The van der Waals surface area contributed by atoms with Crippen LogP contribution in [0.5, 0.6) is 5.75 Å². The molecule has 0 aromatic heterocycles. The van der Waals surface area contributed by atoms with Crippen LogP contribution in [0.25, 0.3) is 6.08 Å². The molecule has 0 heterocycles. The van der Waals surface area contributed by atoms with Crippen LogP contribution in [0.3, 0.4) is 0 Å². The highest BCUT2D eigenvalue weighted by molar-refractivity contribution is 7.99. The molecule has 1 aromatic rings. The van der Waals surface area contributed by atoms with E-state index in [1.54, 1.807) is 13.2 Å². The Morgan fingerprint density at radius 3 is 2.84 bits per heavy atom. The number of thioether (sulfide) groups is 1. The summed E-state index contributed by atoms with van der Waals surface area (Å²) < 4.78 is 5.34. The molecule has 0 saturated carbocycles. The largest absolute Gasteiger partial charge is 0.496 e. The SMILES string of the molecule is CCC(C)SCc1cc(/C=C/C(=O)O)ccc1OC. The van der Waals surface area contributed by atoms with E-state index in [0.29, 0.717) is 5.25 Å². The van der Waals surface area contributed by atoms with Gasteiger partial charge < -0.3 is 9.84 Å². The van der Waals surface area contributed by atoms with Crippen LogP contribution in [0.2, 0.25) is 0 Å². The fraction of sp³-hybridized carbons (Fsp3) is 0.400. The number of hydrogen-bond donors (Lipinski definition) is 1. The Kier molecular flexibility index (Phi) is 6.50. The van der Waals surface area contributed by atoms with Crippen LogP contribution in [0.4, 0.5) is 0 Å². The van der Waals surface area contributed by atoms with Gasteiger partial charge in [0.2, 0.25) is 0 Å². The van der Waals surface area contributed by atoms with Gasteiger partial charge in [-0.15, -0.1) is 0 Å². The first-order valence-electron chi connectivity index (χ1n) is 6.26. The number of benzene rings is 1. The molecule has 19 heavy (non-hydrogen) atoms. The van der Waals surface area contributed by atoms with E-state index in [9.17, 15) is 4.79 Å². The van der Waals surface area contributed by atoms with Crippen LogP contribution >= 0.6 is 11.8 Å². The lowest BCUT2D eigenvalue weighted by Gasteiger charge is -2.12. The second kappa shape index (κ2) is 7.89. The molecule has 1 atom stereocenters. The molecule has 1 unspecified atom stereocenters. The highest BCUT2D eigenvalue weighted by atomic mass is 32.2. The van der Waals surface area contributed by atoms with Crippen LogP contribution in [0, 0.1) is 0 Å². The van der Waals surface area contributed by atoms with Crippen molar-refractivity contribution in [3.8, 4) is 5.75 Å². The second-order valence-electron chi connectivity index (χ2n) is 4.27. The summed E-state index contributed by atoms with van der Waals surface area (Å²) in [6.45, 7) is 4.37. The summed E-state index contributed by atoms with van der Waals surface area (Å²) in [7, 11) is 1.65. The standard InChI is InChI=1S/C15H20O3S/c1-4-11(2)19-10-13-9-12(6-8-15(16)17)5-7-14(13)18-3/h5-9,11H,4,10H2,1-3H3,(H,16,17)/b8-6+. The molecule has 0 saturated heterocycles. The molecule has 0 radical (unpaired) electrons. The van der Waals surface area contributed by atoms with Gasteiger partial charge in [-0.2, -0.15) is 11.8 Å². The maximum Gasteiger partial charge on any atom is 0.328 e. The Balaban J connectivity index is 2.86. The van der Waals surface area contributed by atoms with E-state index in [2.05, 4.69) is 13.8 Å². The molecular formula is C15H20O3S. The van der Waals surface area contributed by atoms with Gasteiger partial charge in [-0.1, -0.05) is 19.9 Å². The van der Waals surface area contributed by atoms with Crippen LogP contribution in [0.1, 0.15) is 31.4 Å². The molecular weight excluding hydrogens is 260 g/mol. The first-order valence-corrected chi connectivity index (χ1v) is 7.31. The smallest absolute Gasteiger partial charge is 0.328 e. The fourth-order valence-electron chi connectivity index (χ4n) is 1.53. The summed E-state index contributed by atoms with van der Waals surface area (Å²) in [5.41, 5.74) is 1.98. The first-order chi connectivity index (χ1) is 9.06. The Morgan fingerprint density at radius 1 is 1.53 bits per heavy atom. The fourth-order valence-corrected chi connectivity index (χ4v) is 2.46. The van der Waals surface area contributed by atoms with Crippen LogP contribution in [0.15, 0.2) is 24.3 Å². The highest BCUT2D eigenvalue weighted by Crippen LogP contribution is 2.27. The topological polar surface area (TPSA) is 46.5 Å². The number of carboxylic acids is 1. The van der Waals surface area contributed by atoms with E-state index in [0.717, 1.165) is 35.1 Å². The third kappa shape index (κ3) is 5.39. The maximum absolute atomic E-state index is 10.5. The molecule has 0 aliphatic rings. The number of hydrogen-bond acceptors (Lipinski definition) is 3. The van der Waals surface area contributed by atoms with Gasteiger partial charge in [0.05, 0.1) is 7.11 Å². The molecule has 0 spiro atoms. The third-order valence-corrected chi connectivity index (χ3v) is 4.20. The number of rotatable bonds is 7. The highest BCUT2D eigenvalue weighted by Gasteiger charge is 2.06. The summed E-state index contributed by atoms with van der Waals surface area (Å²) in [5.74, 6) is 0.780. The molecule has 3 nitrogen and oxygen atoms in total. The van der Waals surface area contributed by atoms with Crippen molar-refractivity contribution in [1.29, 1.82) is 0 Å². The molecule has 104 valence electrons. The average molecular weight is 280 g/mol. The predicted octanol–water partition coefficient (Wildman–Crippen LogP) is 3.82. The van der Waals surface area contributed by atoms with Crippen molar-refractivity contribution in [2.24, 2.45) is 0 Å². The van der Waals surface area contributed by atoms with Gasteiger partial charge in [0.1, 0.15) is 5.75 Å². The Morgan fingerprint density at radius 2 is 2.26 bits per heavy atom. The summed E-state index contributed by atoms with van der Waals surface area (Å²) in [6.07, 6.45) is 3.87. The number of ether oxygens (including phenoxy) is 1. The Labute approximate surface area is 118 Å². The molecule has 0 bridgehead atoms. The van der Waals surface area contributed by atoms with Gasteiger partial charge in [-0.05, 0) is 30.2 Å². The predicted molar refractivity (Wildman–Crippen MR) is 80.7 cm³/mol. The number of methoxy groups -OCH3 is 1. The summed E-state index contributed by atoms with van der Waals surface area (Å²) >= 11 is 1.87. The molecule has 0 fully saturated rings. The Bertz CT molecular complexity index is 455. The molecule has 1 N–H and O–H groups in total. The maximum atomic E-state index is 10.5. The Hall–Kier alpha value is -1.42. The van der Waals surface area contributed by atoms with Gasteiger partial charge in [-0.25, -0.2) is 4.79 Å². The van der Waals surface area contributed by atoms with Gasteiger partial charge in [-0.3, -0.25) is 0 Å². The lowest BCUT2D eigenvalue weighted by molar-refractivity contribution is -0.131. The van der Waals surface area contributed by atoms with E-state index >= 15 is 0 Å². The molecule has 1 aromatic carbocycles. The zero-order valence-electron chi connectivity index (χ0n) is 11.6. The van der Waals surface area contributed by atoms with Crippen LogP contribution < -0.4 is 4.74 Å². The van der Waals surface area contributed by atoms with Crippen molar-refractivity contribution >= 4 is 23.8 Å². The summed E-state index contributed by atoms with van der Waals surface area (Å²) in [6, 6.07) is 5.72. The minimum Gasteiger partial charge on any atom is -0.496 e. The minimum absolute atomic E-state index is 0.600. The molecule has 1 rings (SSSR count). The van der Waals surface area contributed by atoms with Crippen molar-refractivity contribution in [1.82, 2.24) is 0 Å². The van der Waals surface area contributed by atoms with Crippen LogP contribution in [-0.4, -0.2) is 23.4 Å². The van der Waals surface area contributed by atoms with E-state index in [1.165, 1.54) is 0 Å². The number of carboxylic acid groups (broad SMARTS) is 1. The summed E-state index contributed by atoms with van der Waals surface area (Å²) in [5, 5.41) is 9.24. The van der Waals surface area contributed by atoms with E-state index in [-0.39, 0.29) is 0 Å². The van der Waals surface area contributed by atoms with E-state index in [4.69, 9.17) is 9.84 Å². The van der Waals surface area contributed by atoms with E-state index < -0.39 is 5.97 Å². The molecule has 0 aliphatic carbocycles. The second-order valence-corrected chi connectivity index (χ2v) is 5.70. The van der Waals surface area contributed by atoms with Gasteiger partial charge in [0, 0.05) is 22.6 Å². The van der Waals surface area contributed by atoms with Crippen molar-refractivity contribution in [2.75, 3.05) is 7.11 Å². The monoisotopic (exact) mass is 280 g/mol. The lowest BCUT2D eigenvalue weighted by Crippen LogP contribution is -1.96. The normalized spacial score (nSPS) is 12.6. The van der Waals surface area contributed by atoms with Gasteiger partial charge in [0.25, 0.3) is 0 Å². The van der Waals surface area contributed by atoms with Crippen molar-refractivity contribution in [3.63, 3.8) is 0 Å². The number of carbonyl (C=O) groups is 1. The van der Waals surface area contributed by atoms with E-state index in [1.807, 2.05) is 30.0 Å². The molecule has 0 amide bonds. The van der Waals surface area contributed by atoms with Gasteiger partial charge in [0.15, 0.2) is 0 Å². The third-order valence-electron chi connectivity index (χ3n) is 2.82. The zero-order valence-corrected chi connectivity index (χ0v) is 12.4. The first kappa shape index (κ1) is 15.6. The quantitative estimate of drug-likeness (QED) is 0.771. The lowest BCUT2D eigenvalue weighted by atomic mass is 10.1. The van der Waals surface area contributed by atoms with Gasteiger partial charge >= 0.3 is 5.97 Å². The van der Waals surface area contributed by atoms with Crippen LogP contribution in [-0.2, 0) is 10.5 Å². The molecule has 0 aliphatic heterocycles. The minimum atomic E-state index is -0.939. The number of aliphatic carboxylic acids is 1. The van der Waals surface area contributed by atoms with Crippen molar-refractivity contribution < 1.29 is 14.6 Å². The van der Waals surface area contributed by atoms with Crippen molar-refractivity contribution in [3.05, 3.63) is 35.4 Å². The molecule has 4 heteroatoms. The average Bonchev–Trinajstić information content (AvgIpc) is 2.42. The zero-order chi connectivity index (χ0) is 14.3. The van der Waals surface area contributed by atoms with Crippen molar-refractivity contribution in [2.45, 2.75) is 31.3 Å². The summed E-state index contributed by atoms with van der Waals surface area (Å²) in [4.78, 5) is 10.5.